The molecule has 0 atom stereocenters. The highest BCUT2D eigenvalue weighted by molar-refractivity contribution is 9.10. The second kappa shape index (κ2) is 6.20. The van der Waals surface area contributed by atoms with Crippen LogP contribution in [0.3, 0.4) is 0 Å². The summed E-state index contributed by atoms with van der Waals surface area (Å²) < 4.78 is 14.4. The predicted octanol–water partition coefficient (Wildman–Crippen LogP) is 5.32. The lowest BCUT2D eigenvalue weighted by Gasteiger charge is -2.11. The van der Waals surface area contributed by atoms with Crippen LogP contribution in [0.15, 0.2) is 46.9 Å². The maximum atomic E-state index is 13.6. The van der Waals surface area contributed by atoms with Gasteiger partial charge in [-0.3, -0.25) is 0 Å². The van der Waals surface area contributed by atoms with Gasteiger partial charge in [0.15, 0.2) is 0 Å². The second-order valence-electron chi connectivity index (χ2n) is 4.85. The highest BCUT2D eigenvalue weighted by Crippen LogP contribution is 2.25. The molecule has 0 aliphatic rings. The first-order valence-corrected chi connectivity index (χ1v) is 7.14. The van der Waals surface area contributed by atoms with Crippen LogP contribution in [-0.2, 0) is 6.54 Å². The Hall–Kier alpha value is -1.35. The number of benzene rings is 2. The van der Waals surface area contributed by atoms with Crippen LogP contribution in [0.25, 0.3) is 0 Å². The van der Waals surface area contributed by atoms with Gasteiger partial charge in [0.05, 0.1) is 5.69 Å². The minimum absolute atomic E-state index is 0.242. The zero-order valence-electron chi connectivity index (χ0n) is 11.1. The van der Waals surface area contributed by atoms with E-state index in [0.717, 1.165) is 10.0 Å². The molecule has 19 heavy (non-hydrogen) atoms. The molecular weight excluding hydrogens is 305 g/mol. The van der Waals surface area contributed by atoms with Gasteiger partial charge in [0.25, 0.3) is 0 Å². The Morgan fingerprint density at radius 1 is 1.11 bits per heavy atom. The number of para-hydroxylation sites is 1. The van der Waals surface area contributed by atoms with Crippen LogP contribution in [0, 0.1) is 5.82 Å². The van der Waals surface area contributed by atoms with E-state index in [2.05, 4.69) is 59.4 Å². The Balaban J connectivity index is 2.06. The highest BCUT2D eigenvalue weighted by atomic mass is 79.9. The summed E-state index contributed by atoms with van der Waals surface area (Å²) in [7, 11) is 0. The molecule has 0 aromatic heterocycles. The molecule has 0 radical (unpaired) electrons. The molecule has 2 aromatic carbocycles. The largest absolute Gasteiger partial charge is 0.378 e. The van der Waals surface area contributed by atoms with Crippen molar-refractivity contribution < 1.29 is 4.39 Å². The lowest BCUT2D eigenvalue weighted by Crippen LogP contribution is -2.02. The smallest absolute Gasteiger partial charge is 0.147 e. The van der Waals surface area contributed by atoms with E-state index in [1.165, 1.54) is 11.6 Å². The van der Waals surface area contributed by atoms with Gasteiger partial charge in [0.2, 0.25) is 0 Å². The molecule has 0 amide bonds. The first-order chi connectivity index (χ1) is 9.08. The van der Waals surface area contributed by atoms with Crippen LogP contribution < -0.4 is 5.32 Å². The van der Waals surface area contributed by atoms with Crippen LogP contribution in [0.2, 0.25) is 0 Å². The van der Waals surface area contributed by atoms with E-state index in [9.17, 15) is 4.39 Å². The van der Waals surface area contributed by atoms with Crippen LogP contribution in [0.1, 0.15) is 30.9 Å². The zero-order chi connectivity index (χ0) is 13.8. The molecule has 2 rings (SSSR count). The van der Waals surface area contributed by atoms with Crippen molar-refractivity contribution >= 4 is 21.6 Å². The number of nitrogens with one attached hydrogen (secondary N) is 1. The third-order valence-electron chi connectivity index (χ3n) is 3.08. The van der Waals surface area contributed by atoms with Crippen molar-refractivity contribution in [1.82, 2.24) is 0 Å². The summed E-state index contributed by atoms with van der Waals surface area (Å²) in [5.41, 5.74) is 2.96. The van der Waals surface area contributed by atoms with Gasteiger partial charge in [-0.25, -0.2) is 4.39 Å². The lowest BCUT2D eigenvalue weighted by atomic mass is 10.0. The molecule has 0 aliphatic carbocycles. The Labute approximate surface area is 122 Å². The van der Waals surface area contributed by atoms with Crippen LogP contribution in [0.4, 0.5) is 10.1 Å². The molecule has 0 heterocycles. The van der Waals surface area contributed by atoms with E-state index in [1.54, 1.807) is 6.07 Å². The molecule has 1 N–H and O–H groups in total. The molecule has 0 spiro atoms. The van der Waals surface area contributed by atoms with Gasteiger partial charge < -0.3 is 5.32 Å². The van der Waals surface area contributed by atoms with Crippen LogP contribution in [0.5, 0.6) is 0 Å². The van der Waals surface area contributed by atoms with Crippen molar-refractivity contribution in [1.29, 1.82) is 0 Å². The molecule has 0 saturated heterocycles. The van der Waals surface area contributed by atoms with E-state index in [-0.39, 0.29) is 5.82 Å². The molecule has 2 aromatic rings. The standard InChI is InChI=1S/C16H17BrFN/c1-11(2)13-8-6-12(7-9-13)10-19-16-14(17)4-3-5-15(16)18/h3-9,11,19H,10H2,1-2H3. The normalized spacial score (nSPS) is 10.8. The number of hydrogen-bond donors (Lipinski definition) is 1. The van der Waals surface area contributed by atoms with Crippen LogP contribution >= 0.6 is 15.9 Å². The molecule has 0 bridgehead atoms. The van der Waals surface area contributed by atoms with Gasteiger partial charge in [0, 0.05) is 11.0 Å². The fourth-order valence-corrected chi connectivity index (χ4v) is 2.36. The van der Waals surface area contributed by atoms with Crippen molar-refractivity contribution in [3.05, 3.63) is 63.9 Å². The van der Waals surface area contributed by atoms with E-state index in [1.807, 2.05) is 6.07 Å². The monoisotopic (exact) mass is 321 g/mol. The van der Waals surface area contributed by atoms with Crippen molar-refractivity contribution in [2.45, 2.75) is 26.3 Å². The van der Waals surface area contributed by atoms with Gasteiger partial charge in [-0.05, 0) is 45.1 Å². The maximum absolute atomic E-state index is 13.6. The third-order valence-corrected chi connectivity index (χ3v) is 3.74. The Morgan fingerprint density at radius 3 is 2.37 bits per heavy atom. The molecule has 0 aliphatic heterocycles. The van der Waals surface area contributed by atoms with Crippen molar-refractivity contribution in [2.24, 2.45) is 0 Å². The number of rotatable bonds is 4. The quantitative estimate of drug-likeness (QED) is 0.803. The zero-order valence-corrected chi connectivity index (χ0v) is 12.7. The lowest BCUT2D eigenvalue weighted by molar-refractivity contribution is 0.629. The maximum Gasteiger partial charge on any atom is 0.147 e. The third kappa shape index (κ3) is 3.57. The highest BCUT2D eigenvalue weighted by Gasteiger charge is 2.05. The van der Waals surface area contributed by atoms with E-state index in [4.69, 9.17) is 0 Å². The summed E-state index contributed by atoms with van der Waals surface area (Å²) in [6.07, 6.45) is 0. The Kier molecular flexibility index (Phi) is 4.59. The average Bonchev–Trinajstić information content (AvgIpc) is 2.38. The van der Waals surface area contributed by atoms with E-state index >= 15 is 0 Å². The summed E-state index contributed by atoms with van der Waals surface area (Å²) >= 11 is 3.35. The first kappa shape index (κ1) is 14.1. The topological polar surface area (TPSA) is 12.0 Å². The molecule has 3 heteroatoms. The average molecular weight is 322 g/mol. The van der Waals surface area contributed by atoms with Gasteiger partial charge in [-0.1, -0.05) is 44.2 Å². The minimum atomic E-state index is -0.242. The summed E-state index contributed by atoms with van der Waals surface area (Å²) in [6, 6.07) is 13.4. The SMILES string of the molecule is CC(C)c1ccc(CNc2c(F)cccc2Br)cc1. The van der Waals surface area contributed by atoms with E-state index < -0.39 is 0 Å². The predicted molar refractivity (Wildman–Crippen MR) is 82.0 cm³/mol. The summed E-state index contributed by atoms with van der Waals surface area (Å²) in [4.78, 5) is 0. The first-order valence-electron chi connectivity index (χ1n) is 6.34. The molecule has 0 unspecified atom stereocenters. The van der Waals surface area contributed by atoms with Crippen LogP contribution in [-0.4, -0.2) is 0 Å². The Morgan fingerprint density at radius 2 is 1.79 bits per heavy atom. The summed E-state index contributed by atoms with van der Waals surface area (Å²) in [5.74, 6) is 0.288. The summed E-state index contributed by atoms with van der Waals surface area (Å²) in [5, 5.41) is 3.12. The molecule has 1 nitrogen and oxygen atoms in total. The molecular formula is C16H17BrFN. The fraction of sp³-hybridized carbons (Fsp3) is 0.250. The minimum Gasteiger partial charge on any atom is -0.378 e. The number of halogens is 2. The second-order valence-corrected chi connectivity index (χ2v) is 5.70. The van der Waals surface area contributed by atoms with Gasteiger partial charge in [-0.2, -0.15) is 0 Å². The molecule has 0 fully saturated rings. The van der Waals surface area contributed by atoms with Gasteiger partial charge in [0.1, 0.15) is 5.82 Å². The summed E-state index contributed by atoms with van der Waals surface area (Å²) in [6.45, 7) is 4.95. The number of anilines is 1. The van der Waals surface area contributed by atoms with Crippen molar-refractivity contribution in [3.63, 3.8) is 0 Å². The van der Waals surface area contributed by atoms with E-state index in [0.29, 0.717) is 18.2 Å². The van der Waals surface area contributed by atoms with Crippen molar-refractivity contribution in [2.75, 3.05) is 5.32 Å². The Bertz CT molecular complexity index is 529. The van der Waals surface area contributed by atoms with Crippen molar-refractivity contribution in [3.8, 4) is 0 Å². The fourth-order valence-electron chi connectivity index (χ4n) is 1.88. The number of hydrogen-bond acceptors (Lipinski definition) is 1. The molecule has 100 valence electrons. The van der Waals surface area contributed by atoms with Gasteiger partial charge in [-0.15, -0.1) is 0 Å². The van der Waals surface area contributed by atoms with Gasteiger partial charge >= 0.3 is 0 Å². The molecule has 0 saturated carbocycles.